The van der Waals surface area contributed by atoms with Crippen LogP contribution in [0.1, 0.15) is 36.8 Å². The van der Waals surface area contributed by atoms with Gasteiger partial charge in [0.1, 0.15) is 0 Å². The number of carbonyl (C=O) groups is 1. The Kier molecular flexibility index (Phi) is 5.78. The van der Waals surface area contributed by atoms with Gasteiger partial charge in [0.15, 0.2) is 11.6 Å². The van der Waals surface area contributed by atoms with Crippen molar-refractivity contribution in [3.8, 4) is 0 Å². The van der Waals surface area contributed by atoms with Gasteiger partial charge in [-0.3, -0.25) is 9.69 Å². The first-order valence-electron chi connectivity index (χ1n) is 11.4. The molecule has 32 heavy (non-hydrogen) atoms. The summed E-state index contributed by atoms with van der Waals surface area (Å²) in [4.78, 5) is 24.7. The number of nitrogens with zero attached hydrogens (tertiary/aromatic N) is 4. The van der Waals surface area contributed by atoms with Crippen LogP contribution in [-0.2, 0) is 17.8 Å². The van der Waals surface area contributed by atoms with E-state index in [2.05, 4.69) is 44.2 Å². The number of benzene rings is 1. The van der Waals surface area contributed by atoms with Crippen molar-refractivity contribution in [2.75, 3.05) is 30.3 Å². The zero-order valence-corrected chi connectivity index (χ0v) is 18.2. The molecule has 168 valence electrons. The van der Waals surface area contributed by atoms with Crippen LogP contribution in [0.3, 0.4) is 0 Å². The summed E-state index contributed by atoms with van der Waals surface area (Å²) in [7, 11) is 0. The molecule has 3 aliphatic rings. The number of fused-ring (bicyclic) bond motifs is 1. The predicted octanol–water partition coefficient (Wildman–Crippen LogP) is 3.47. The van der Waals surface area contributed by atoms with E-state index in [-0.39, 0.29) is 17.8 Å². The van der Waals surface area contributed by atoms with Crippen LogP contribution in [0.15, 0.2) is 37.1 Å². The first-order valence-corrected chi connectivity index (χ1v) is 11.4. The molecule has 3 heterocycles. The molecule has 2 fully saturated rings. The van der Waals surface area contributed by atoms with E-state index in [1.165, 1.54) is 36.2 Å². The normalized spacial score (nSPS) is 21.0. The van der Waals surface area contributed by atoms with E-state index in [1.807, 2.05) is 6.07 Å². The van der Waals surface area contributed by atoms with Gasteiger partial charge in [-0.2, -0.15) is 4.98 Å². The number of rotatable bonds is 6. The highest BCUT2D eigenvalue weighted by molar-refractivity contribution is 5.87. The van der Waals surface area contributed by atoms with Gasteiger partial charge in [-0.15, -0.1) is 0 Å². The standard InChI is InChI=1S/C24H29FN6O/c1-2-22(32)31-10-3-4-19(15-31)27-23-21(25)13-26-24(29-23)28-18-6-5-17-14-30(20-7-8-20)11-9-16(17)12-18/h2,5-6,12-13,19-20H,1,3-4,7-11,14-15H2,(H2,26,27,28,29). The largest absolute Gasteiger partial charge is 0.363 e. The van der Waals surface area contributed by atoms with Crippen LogP contribution < -0.4 is 10.6 Å². The summed E-state index contributed by atoms with van der Waals surface area (Å²) in [6, 6.07) is 7.07. The van der Waals surface area contributed by atoms with E-state index in [9.17, 15) is 9.18 Å². The van der Waals surface area contributed by atoms with E-state index in [0.29, 0.717) is 19.0 Å². The summed E-state index contributed by atoms with van der Waals surface area (Å²) in [6.07, 6.45) is 7.89. The van der Waals surface area contributed by atoms with Crippen LogP contribution in [-0.4, -0.2) is 57.4 Å². The van der Waals surface area contributed by atoms with Crippen LogP contribution >= 0.6 is 0 Å². The summed E-state index contributed by atoms with van der Waals surface area (Å²) in [5, 5.41) is 6.38. The van der Waals surface area contributed by atoms with Crippen molar-refractivity contribution in [1.29, 1.82) is 0 Å². The molecule has 2 N–H and O–H groups in total. The van der Waals surface area contributed by atoms with Gasteiger partial charge < -0.3 is 15.5 Å². The summed E-state index contributed by atoms with van der Waals surface area (Å²) < 4.78 is 14.4. The summed E-state index contributed by atoms with van der Waals surface area (Å²) in [5.41, 5.74) is 3.63. The molecular formula is C24H29FN6O. The molecule has 1 saturated carbocycles. The number of halogens is 1. The van der Waals surface area contributed by atoms with Gasteiger partial charge in [-0.25, -0.2) is 9.37 Å². The number of anilines is 3. The Morgan fingerprint density at radius 2 is 2.09 bits per heavy atom. The minimum atomic E-state index is -0.506. The Bertz CT molecular complexity index is 1020. The fourth-order valence-electron chi connectivity index (χ4n) is 4.68. The fourth-order valence-corrected chi connectivity index (χ4v) is 4.68. The maximum Gasteiger partial charge on any atom is 0.246 e. The predicted molar refractivity (Wildman–Crippen MR) is 122 cm³/mol. The van der Waals surface area contributed by atoms with Crippen LogP contribution in [0.25, 0.3) is 0 Å². The summed E-state index contributed by atoms with van der Waals surface area (Å²) >= 11 is 0. The molecule has 2 aliphatic heterocycles. The Labute approximate surface area is 187 Å². The van der Waals surface area contributed by atoms with Crippen molar-refractivity contribution in [3.05, 3.63) is 54.0 Å². The van der Waals surface area contributed by atoms with Crippen LogP contribution in [0.4, 0.5) is 21.8 Å². The van der Waals surface area contributed by atoms with Crippen molar-refractivity contribution in [1.82, 2.24) is 19.8 Å². The lowest BCUT2D eigenvalue weighted by atomic mass is 9.99. The molecule has 2 aromatic rings. The second-order valence-electron chi connectivity index (χ2n) is 8.92. The van der Waals surface area contributed by atoms with Gasteiger partial charge in [0, 0.05) is 44.0 Å². The third-order valence-corrected chi connectivity index (χ3v) is 6.56. The molecule has 8 heteroatoms. The Hall–Kier alpha value is -3.00. The Morgan fingerprint density at radius 1 is 1.22 bits per heavy atom. The average molecular weight is 437 g/mol. The van der Waals surface area contributed by atoms with Crippen molar-refractivity contribution in [2.45, 2.75) is 50.7 Å². The number of likely N-dealkylation sites (tertiary alicyclic amines) is 1. The van der Waals surface area contributed by atoms with Gasteiger partial charge in [-0.1, -0.05) is 12.6 Å². The smallest absolute Gasteiger partial charge is 0.246 e. The molecule has 0 bridgehead atoms. The van der Waals surface area contributed by atoms with E-state index in [1.54, 1.807) is 4.90 Å². The number of amides is 1. The molecule has 1 saturated heterocycles. The molecule has 1 aromatic heterocycles. The first-order chi connectivity index (χ1) is 15.6. The van der Waals surface area contributed by atoms with Gasteiger partial charge in [-0.05, 0) is 61.4 Å². The number of nitrogens with one attached hydrogen (secondary N) is 2. The highest BCUT2D eigenvalue weighted by Gasteiger charge is 2.31. The number of carbonyl (C=O) groups excluding carboxylic acids is 1. The van der Waals surface area contributed by atoms with Crippen LogP contribution in [0.5, 0.6) is 0 Å². The molecular weight excluding hydrogens is 407 g/mol. The van der Waals surface area contributed by atoms with Crippen LogP contribution in [0.2, 0.25) is 0 Å². The Morgan fingerprint density at radius 3 is 2.91 bits per heavy atom. The minimum Gasteiger partial charge on any atom is -0.363 e. The minimum absolute atomic E-state index is 0.0666. The topological polar surface area (TPSA) is 73.4 Å². The molecule has 7 nitrogen and oxygen atoms in total. The second kappa shape index (κ2) is 8.86. The van der Waals surface area contributed by atoms with Crippen molar-refractivity contribution >= 4 is 23.4 Å². The fraction of sp³-hybridized carbons (Fsp3) is 0.458. The van der Waals surface area contributed by atoms with E-state index in [4.69, 9.17) is 0 Å². The molecule has 1 aliphatic carbocycles. The zero-order chi connectivity index (χ0) is 22.1. The number of aromatic nitrogens is 2. The Balaban J connectivity index is 1.26. The summed E-state index contributed by atoms with van der Waals surface area (Å²) in [6.45, 7) is 6.87. The summed E-state index contributed by atoms with van der Waals surface area (Å²) in [5.74, 6) is -0.111. The van der Waals surface area contributed by atoms with Gasteiger partial charge >= 0.3 is 0 Å². The van der Waals surface area contributed by atoms with E-state index in [0.717, 1.165) is 44.1 Å². The lowest BCUT2D eigenvalue weighted by Crippen LogP contribution is -2.44. The third-order valence-electron chi connectivity index (χ3n) is 6.56. The number of hydrogen-bond acceptors (Lipinski definition) is 6. The maximum atomic E-state index is 14.4. The number of hydrogen-bond donors (Lipinski definition) is 2. The van der Waals surface area contributed by atoms with E-state index >= 15 is 0 Å². The van der Waals surface area contributed by atoms with Gasteiger partial charge in [0.05, 0.1) is 6.20 Å². The van der Waals surface area contributed by atoms with Crippen LogP contribution in [0, 0.1) is 5.82 Å². The molecule has 1 aromatic carbocycles. The highest BCUT2D eigenvalue weighted by atomic mass is 19.1. The van der Waals surface area contributed by atoms with Gasteiger partial charge in [0.25, 0.3) is 0 Å². The van der Waals surface area contributed by atoms with Crippen molar-refractivity contribution in [2.24, 2.45) is 0 Å². The third kappa shape index (κ3) is 4.60. The molecule has 0 radical (unpaired) electrons. The molecule has 1 unspecified atom stereocenters. The van der Waals surface area contributed by atoms with Crippen molar-refractivity contribution in [3.63, 3.8) is 0 Å². The zero-order valence-electron chi connectivity index (χ0n) is 18.2. The highest BCUT2D eigenvalue weighted by Crippen LogP contribution is 2.32. The maximum absolute atomic E-state index is 14.4. The van der Waals surface area contributed by atoms with Crippen molar-refractivity contribution < 1.29 is 9.18 Å². The lowest BCUT2D eigenvalue weighted by Gasteiger charge is -2.32. The molecule has 5 rings (SSSR count). The molecule has 1 amide bonds. The monoisotopic (exact) mass is 436 g/mol. The average Bonchev–Trinajstić information content (AvgIpc) is 3.66. The molecule has 0 spiro atoms. The van der Waals surface area contributed by atoms with E-state index < -0.39 is 5.82 Å². The number of piperidine rings is 1. The SMILES string of the molecule is C=CC(=O)N1CCCC(Nc2nc(Nc3ccc4c(c3)CCN(C3CC3)C4)ncc2F)C1. The van der Waals surface area contributed by atoms with Gasteiger partial charge in [0.2, 0.25) is 11.9 Å². The second-order valence-corrected chi connectivity index (χ2v) is 8.92. The quantitative estimate of drug-likeness (QED) is 0.676. The lowest BCUT2D eigenvalue weighted by molar-refractivity contribution is -0.127. The first kappa shape index (κ1) is 20.9. The molecule has 1 atom stereocenters.